The molecule has 0 fully saturated rings. The standard InChI is InChI=1S/C17H18BrNO/c1-13-7-9-14(10-8-13)17(20)12-19(2)11-15-5-3-4-6-16(15)18/h3-10H,11-12H2,1-2H3. The molecule has 3 heteroatoms. The molecule has 20 heavy (non-hydrogen) atoms. The Morgan fingerprint density at radius 3 is 2.40 bits per heavy atom. The first-order valence-corrected chi connectivity index (χ1v) is 7.37. The van der Waals surface area contributed by atoms with Crippen LogP contribution in [0.2, 0.25) is 0 Å². The van der Waals surface area contributed by atoms with E-state index in [1.54, 1.807) is 0 Å². The Hall–Kier alpha value is -1.45. The fourth-order valence-corrected chi connectivity index (χ4v) is 2.46. The van der Waals surface area contributed by atoms with Gasteiger partial charge >= 0.3 is 0 Å². The van der Waals surface area contributed by atoms with Crippen LogP contribution in [0.25, 0.3) is 0 Å². The lowest BCUT2D eigenvalue weighted by Crippen LogP contribution is -2.25. The molecular weight excluding hydrogens is 314 g/mol. The van der Waals surface area contributed by atoms with Crippen molar-refractivity contribution in [3.05, 3.63) is 69.7 Å². The van der Waals surface area contributed by atoms with Crippen molar-refractivity contribution in [2.45, 2.75) is 13.5 Å². The van der Waals surface area contributed by atoms with Gasteiger partial charge in [0.25, 0.3) is 0 Å². The molecule has 0 amide bonds. The van der Waals surface area contributed by atoms with E-state index in [0.717, 1.165) is 16.6 Å². The Morgan fingerprint density at radius 2 is 1.75 bits per heavy atom. The van der Waals surface area contributed by atoms with Gasteiger partial charge in [0.15, 0.2) is 5.78 Å². The summed E-state index contributed by atoms with van der Waals surface area (Å²) in [6, 6.07) is 15.8. The van der Waals surface area contributed by atoms with Crippen molar-refractivity contribution in [3.8, 4) is 0 Å². The molecule has 0 radical (unpaired) electrons. The second-order valence-electron chi connectivity index (χ2n) is 5.05. The first-order chi connectivity index (χ1) is 9.56. The van der Waals surface area contributed by atoms with Crippen molar-refractivity contribution in [2.75, 3.05) is 13.6 Å². The summed E-state index contributed by atoms with van der Waals surface area (Å²) < 4.78 is 1.08. The predicted molar refractivity (Wildman–Crippen MR) is 86.0 cm³/mol. The molecule has 2 aromatic rings. The third kappa shape index (κ3) is 4.02. The van der Waals surface area contributed by atoms with Gasteiger partial charge in [-0.2, -0.15) is 0 Å². The minimum Gasteiger partial charge on any atom is -0.295 e. The summed E-state index contributed by atoms with van der Waals surface area (Å²) in [6.45, 7) is 3.19. The van der Waals surface area contributed by atoms with Crippen LogP contribution < -0.4 is 0 Å². The third-order valence-electron chi connectivity index (χ3n) is 3.19. The van der Waals surface area contributed by atoms with Crippen LogP contribution in [0.15, 0.2) is 53.0 Å². The normalized spacial score (nSPS) is 10.8. The Bertz CT molecular complexity index is 592. The summed E-state index contributed by atoms with van der Waals surface area (Å²) in [6.07, 6.45) is 0. The van der Waals surface area contributed by atoms with Crippen molar-refractivity contribution >= 4 is 21.7 Å². The van der Waals surface area contributed by atoms with Crippen LogP contribution in [0.1, 0.15) is 21.5 Å². The summed E-state index contributed by atoms with van der Waals surface area (Å²) in [5, 5.41) is 0. The van der Waals surface area contributed by atoms with Gasteiger partial charge in [0.1, 0.15) is 0 Å². The molecule has 104 valence electrons. The van der Waals surface area contributed by atoms with Crippen LogP contribution in [0.3, 0.4) is 0 Å². The van der Waals surface area contributed by atoms with E-state index >= 15 is 0 Å². The number of rotatable bonds is 5. The van der Waals surface area contributed by atoms with E-state index in [0.29, 0.717) is 6.54 Å². The van der Waals surface area contributed by atoms with Gasteiger partial charge in [-0.1, -0.05) is 64.0 Å². The number of Topliss-reactive ketones (excluding diaryl/α,β-unsaturated/α-hetero) is 1. The molecular formula is C17H18BrNO. The van der Waals surface area contributed by atoms with E-state index in [4.69, 9.17) is 0 Å². The first-order valence-electron chi connectivity index (χ1n) is 6.58. The highest BCUT2D eigenvalue weighted by molar-refractivity contribution is 9.10. The summed E-state index contributed by atoms with van der Waals surface area (Å²) in [5.41, 5.74) is 3.13. The summed E-state index contributed by atoms with van der Waals surface area (Å²) in [5.74, 6) is 0.152. The lowest BCUT2D eigenvalue weighted by Gasteiger charge is -2.16. The maximum Gasteiger partial charge on any atom is 0.176 e. The molecule has 0 N–H and O–H groups in total. The molecule has 0 aliphatic rings. The zero-order valence-electron chi connectivity index (χ0n) is 11.8. The average molecular weight is 332 g/mol. The Kier molecular flexibility index (Phi) is 5.10. The first kappa shape index (κ1) is 14.9. The second-order valence-corrected chi connectivity index (χ2v) is 5.91. The van der Waals surface area contributed by atoms with Gasteiger partial charge in [-0.15, -0.1) is 0 Å². The van der Waals surface area contributed by atoms with E-state index in [1.807, 2.05) is 61.3 Å². The third-order valence-corrected chi connectivity index (χ3v) is 3.96. The molecule has 2 aromatic carbocycles. The number of aryl methyl sites for hydroxylation is 1. The maximum absolute atomic E-state index is 12.2. The SMILES string of the molecule is Cc1ccc(C(=O)CN(C)Cc2ccccc2Br)cc1. The van der Waals surface area contributed by atoms with E-state index in [-0.39, 0.29) is 5.78 Å². The van der Waals surface area contributed by atoms with Crippen molar-refractivity contribution in [2.24, 2.45) is 0 Å². The molecule has 0 aliphatic heterocycles. The van der Waals surface area contributed by atoms with Gasteiger partial charge in [-0.05, 0) is 25.6 Å². The van der Waals surface area contributed by atoms with Crippen LogP contribution >= 0.6 is 15.9 Å². The highest BCUT2D eigenvalue weighted by Crippen LogP contribution is 2.17. The molecule has 0 atom stereocenters. The monoisotopic (exact) mass is 331 g/mol. The summed E-state index contributed by atoms with van der Waals surface area (Å²) >= 11 is 3.53. The number of hydrogen-bond acceptors (Lipinski definition) is 2. The van der Waals surface area contributed by atoms with E-state index in [2.05, 4.69) is 22.0 Å². The second kappa shape index (κ2) is 6.82. The molecule has 2 nitrogen and oxygen atoms in total. The minimum absolute atomic E-state index is 0.152. The van der Waals surface area contributed by atoms with Crippen molar-refractivity contribution in [1.82, 2.24) is 4.90 Å². The highest BCUT2D eigenvalue weighted by Gasteiger charge is 2.10. The fraction of sp³-hybridized carbons (Fsp3) is 0.235. The number of benzene rings is 2. The zero-order chi connectivity index (χ0) is 14.5. The average Bonchev–Trinajstić information content (AvgIpc) is 2.42. The Labute approximate surface area is 128 Å². The quantitative estimate of drug-likeness (QED) is 0.769. The number of hydrogen-bond donors (Lipinski definition) is 0. The van der Waals surface area contributed by atoms with Crippen LogP contribution in [0.5, 0.6) is 0 Å². The number of carbonyl (C=O) groups excluding carboxylic acids is 1. The number of nitrogens with zero attached hydrogens (tertiary/aromatic N) is 1. The van der Waals surface area contributed by atoms with Crippen LogP contribution in [-0.2, 0) is 6.54 Å². The summed E-state index contributed by atoms with van der Waals surface area (Å²) in [7, 11) is 1.96. The smallest absolute Gasteiger partial charge is 0.176 e. The fourth-order valence-electron chi connectivity index (χ4n) is 2.05. The lowest BCUT2D eigenvalue weighted by molar-refractivity contribution is 0.0943. The molecule has 0 unspecified atom stereocenters. The topological polar surface area (TPSA) is 20.3 Å². The number of halogens is 1. The molecule has 0 saturated heterocycles. The van der Waals surface area contributed by atoms with E-state index in [9.17, 15) is 4.79 Å². The van der Waals surface area contributed by atoms with Gasteiger partial charge < -0.3 is 0 Å². The molecule has 2 rings (SSSR count). The largest absolute Gasteiger partial charge is 0.295 e. The maximum atomic E-state index is 12.2. The van der Waals surface area contributed by atoms with Gasteiger partial charge in [-0.3, -0.25) is 9.69 Å². The van der Waals surface area contributed by atoms with Crippen LogP contribution in [0.4, 0.5) is 0 Å². The highest BCUT2D eigenvalue weighted by atomic mass is 79.9. The van der Waals surface area contributed by atoms with E-state index in [1.165, 1.54) is 11.1 Å². The molecule has 0 aromatic heterocycles. The summed E-state index contributed by atoms with van der Waals surface area (Å²) in [4.78, 5) is 14.2. The molecule has 0 spiro atoms. The number of carbonyl (C=O) groups is 1. The van der Waals surface area contributed by atoms with Crippen LogP contribution in [-0.4, -0.2) is 24.3 Å². The van der Waals surface area contributed by atoms with Gasteiger partial charge in [-0.25, -0.2) is 0 Å². The lowest BCUT2D eigenvalue weighted by atomic mass is 10.1. The van der Waals surface area contributed by atoms with Crippen molar-refractivity contribution in [1.29, 1.82) is 0 Å². The number of ketones is 1. The minimum atomic E-state index is 0.152. The van der Waals surface area contributed by atoms with Gasteiger partial charge in [0, 0.05) is 16.6 Å². The zero-order valence-corrected chi connectivity index (χ0v) is 13.4. The van der Waals surface area contributed by atoms with Gasteiger partial charge in [0.05, 0.1) is 6.54 Å². The molecule has 0 aliphatic carbocycles. The molecule has 0 heterocycles. The molecule has 0 saturated carbocycles. The Balaban J connectivity index is 1.98. The molecule has 0 bridgehead atoms. The van der Waals surface area contributed by atoms with Crippen molar-refractivity contribution < 1.29 is 4.79 Å². The number of likely N-dealkylation sites (N-methyl/N-ethyl adjacent to an activating group) is 1. The predicted octanol–water partition coefficient (Wildman–Crippen LogP) is 4.07. The van der Waals surface area contributed by atoms with Crippen molar-refractivity contribution in [3.63, 3.8) is 0 Å². The van der Waals surface area contributed by atoms with E-state index < -0.39 is 0 Å². The van der Waals surface area contributed by atoms with Crippen LogP contribution in [0, 0.1) is 6.92 Å². The Morgan fingerprint density at radius 1 is 1.10 bits per heavy atom. The van der Waals surface area contributed by atoms with Gasteiger partial charge in [0.2, 0.25) is 0 Å².